The summed E-state index contributed by atoms with van der Waals surface area (Å²) in [5, 5.41) is 8.52. The molecule has 0 fully saturated rings. The molecule has 0 unspecified atom stereocenters. The lowest BCUT2D eigenvalue weighted by molar-refractivity contribution is 0.473. The molecule has 9 heavy (non-hydrogen) atoms. The van der Waals surface area contributed by atoms with Crippen LogP contribution in [0.3, 0.4) is 0 Å². The standard InChI is InChI=1S/C8H15N/c1-4-8(6-9)5-7(2)3/h7-8H,4-5H2,1-3H3/t8-/m0/s1. The van der Waals surface area contributed by atoms with E-state index in [1.54, 1.807) is 0 Å². The molecule has 0 aromatic carbocycles. The molecular formula is C8H15N. The Hall–Kier alpha value is -0.510. The van der Waals surface area contributed by atoms with Crippen molar-refractivity contribution in [3.8, 4) is 6.07 Å². The molecule has 52 valence electrons. The minimum atomic E-state index is 0.282. The first kappa shape index (κ1) is 8.49. The summed E-state index contributed by atoms with van der Waals surface area (Å²) in [4.78, 5) is 0. The third-order valence-electron chi connectivity index (χ3n) is 1.43. The predicted octanol–water partition coefficient (Wildman–Crippen LogP) is 2.58. The van der Waals surface area contributed by atoms with E-state index < -0.39 is 0 Å². The zero-order chi connectivity index (χ0) is 7.28. The summed E-state index contributed by atoms with van der Waals surface area (Å²) in [6.45, 7) is 6.37. The molecule has 0 bridgehead atoms. The van der Waals surface area contributed by atoms with Gasteiger partial charge in [0.2, 0.25) is 0 Å². The molecule has 0 saturated carbocycles. The smallest absolute Gasteiger partial charge is 0.0655 e. The fourth-order valence-electron chi connectivity index (χ4n) is 0.880. The topological polar surface area (TPSA) is 23.8 Å². The zero-order valence-electron chi connectivity index (χ0n) is 6.52. The molecular weight excluding hydrogens is 110 g/mol. The average Bonchev–Trinajstić information content (AvgIpc) is 1.82. The SMILES string of the molecule is CC[C@H](C#N)CC(C)C. The largest absolute Gasteiger partial charge is 0.198 e. The van der Waals surface area contributed by atoms with E-state index in [1.165, 1.54) is 0 Å². The van der Waals surface area contributed by atoms with Gasteiger partial charge in [-0.05, 0) is 18.8 Å². The number of hydrogen-bond donors (Lipinski definition) is 0. The first-order chi connectivity index (χ1) is 4.20. The van der Waals surface area contributed by atoms with Gasteiger partial charge in [-0.2, -0.15) is 5.26 Å². The average molecular weight is 125 g/mol. The van der Waals surface area contributed by atoms with Crippen molar-refractivity contribution in [1.82, 2.24) is 0 Å². The van der Waals surface area contributed by atoms with Gasteiger partial charge in [0, 0.05) is 5.92 Å². The summed E-state index contributed by atoms with van der Waals surface area (Å²) in [5.41, 5.74) is 0. The van der Waals surface area contributed by atoms with Crippen molar-refractivity contribution in [2.75, 3.05) is 0 Å². The van der Waals surface area contributed by atoms with Gasteiger partial charge < -0.3 is 0 Å². The Balaban J connectivity index is 3.47. The van der Waals surface area contributed by atoms with E-state index in [4.69, 9.17) is 5.26 Å². The maximum atomic E-state index is 8.52. The number of rotatable bonds is 3. The van der Waals surface area contributed by atoms with Crippen molar-refractivity contribution in [3.63, 3.8) is 0 Å². The van der Waals surface area contributed by atoms with Crippen molar-refractivity contribution < 1.29 is 0 Å². The van der Waals surface area contributed by atoms with Crippen LogP contribution in [-0.4, -0.2) is 0 Å². The Morgan fingerprint density at radius 2 is 2.00 bits per heavy atom. The van der Waals surface area contributed by atoms with Crippen LogP contribution in [0.1, 0.15) is 33.6 Å². The lowest BCUT2D eigenvalue weighted by Crippen LogP contribution is -1.99. The fraction of sp³-hybridized carbons (Fsp3) is 0.875. The normalized spacial score (nSPS) is 13.2. The summed E-state index contributed by atoms with van der Waals surface area (Å²) in [5.74, 6) is 0.944. The van der Waals surface area contributed by atoms with E-state index >= 15 is 0 Å². The molecule has 0 aromatic rings. The van der Waals surface area contributed by atoms with Crippen LogP contribution in [0.25, 0.3) is 0 Å². The molecule has 0 aliphatic heterocycles. The van der Waals surface area contributed by atoms with Crippen molar-refractivity contribution in [1.29, 1.82) is 5.26 Å². The van der Waals surface area contributed by atoms with Crippen LogP contribution >= 0.6 is 0 Å². The van der Waals surface area contributed by atoms with E-state index in [2.05, 4.69) is 26.8 Å². The lowest BCUT2D eigenvalue weighted by Gasteiger charge is -2.07. The third kappa shape index (κ3) is 4.02. The molecule has 0 aliphatic carbocycles. The Morgan fingerprint density at radius 1 is 1.44 bits per heavy atom. The van der Waals surface area contributed by atoms with Gasteiger partial charge >= 0.3 is 0 Å². The highest BCUT2D eigenvalue weighted by molar-refractivity contribution is 4.81. The Labute approximate surface area is 57.7 Å². The van der Waals surface area contributed by atoms with E-state index in [0.29, 0.717) is 5.92 Å². The summed E-state index contributed by atoms with van der Waals surface area (Å²) in [7, 11) is 0. The number of nitriles is 1. The van der Waals surface area contributed by atoms with Gasteiger partial charge in [-0.1, -0.05) is 20.8 Å². The molecule has 0 heterocycles. The van der Waals surface area contributed by atoms with Gasteiger partial charge in [-0.3, -0.25) is 0 Å². The Bertz CT molecular complexity index is 99.6. The van der Waals surface area contributed by atoms with Crippen LogP contribution in [0.4, 0.5) is 0 Å². The summed E-state index contributed by atoms with van der Waals surface area (Å²) in [6, 6.07) is 2.28. The van der Waals surface area contributed by atoms with Crippen LogP contribution in [0.15, 0.2) is 0 Å². The second-order valence-electron chi connectivity index (χ2n) is 2.86. The maximum absolute atomic E-state index is 8.52. The first-order valence-electron chi connectivity index (χ1n) is 3.60. The molecule has 0 N–H and O–H groups in total. The highest BCUT2D eigenvalue weighted by Gasteiger charge is 2.05. The minimum absolute atomic E-state index is 0.282. The van der Waals surface area contributed by atoms with E-state index in [9.17, 15) is 0 Å². The van der Waals surface area contributed by atoms with Gasteiger partial charge in [-0.15, -0.1) is 0 Å². The molecule has 0 rings (SSSR count). The second-order valence-corrected chi connectivity index (χ2v) is 2.86. The molecule has 1 nitrogen and oxygen atoms in total. The van der Waals surface area contributed by atoms with E-state index in [0.717, 1.165) is 12.8 Å². The van der Waals surface area contributed by atoms with Gasteiger partial charge in [0.25, 0.3) is 0 Å². The molecule has 1 heteroatoms. The van der Waals surface area contributed by atoms with E-state index in [-0.39, 0.29) is 5.92 Å². The van der Waals surface area contributed by atoms with Gasteiger partial charge in [-0.25, -0.2) is 0 Å². The van der Waals surface area contributed by atoms with Crippen LogP contribution in [0.2, 0.25) is 0 Å². The second kappa shape index (κ2) is 4.38. The Kier molecular flexibility index (Phi) is 4.13. The van der Waals surface area contributed by atoms with Crippen LogP contribution < -0.4 is 0 Å². The van der Waals surface area contributed by atoms with Crippen LogP contribution in [0, 0.1) is 23.2 Å². The lowest BCUT2D eigenvalue weighted by atomic mass is 9.96. The Morgan fingerprint density at radius 3 is 2.11 bits per heavy atom. The summed E-state index contributed by atoms with van der Waals surface area (Å²) < 4.78 is 0. The van der Waals surface area contributed by atoms with E-state index in [1.807, 2.05) is 0 Å². The van der Waals surface area contributed by atoms with Crippen molar-refractivity contribution >= 4 is 0 Å². The predicted molar refractivity (Wildman–Crippen MR) is 38.8 cm³/mol. The number of hydrogen-bond acceptors (Lipinski definition) is 1. The molecule has 0 radical (unpaired) electrons. The fourth-order valence-corrected chi connectivity index (χ4v) is 0.880. The molecule has 0 spiro atoms. The van der Waals surface area contributed by atoms with Crippen molar-refractivity contribution in [2.45, 2.75) is 33.6 Å². The zero-order valence-corrected chi connectivity index (χ0v) is 6.52. The molecule has 0 amide bonds. The summed E-state index contributed by atoms with van der Waals surface area (Å²) in [6.07, 6.45) is 2.04. The van der Waals surface area contributed by atoms with Crippen molar-refractivity contribution in [3.05, 3.63) is 0 Å². The van der Waals surface area contributed by atoms with Crippen LogP contribution in [-0.2, 0) is 0 Å². The minimum Gasteiger partial charge on any atom is -0.198 e. The number of nitrogens with zero attached hydrogens (tertiary/aromatic N) is 1. The molecule has 0 aliphatic rings. The third-order valence-corrected chi connectivity index (χ3v) is 1.43. The van der Waals surface area contributed by atoms with Crippen LogP contribution in [0.5, 0.6) is 0 Å². The first-order valence-corrected chi connectivity index (χ1v) is 3.60. The summed E-state index contributed by atoms with van der Waals surface area (Å²) >= 11 is 0. The highest BCUT2D eigenvalue weighted by atomic mass is 14.3. The van der Waals surface area contributed by atoms with Gasteiger partial charge in [0.15, 0.2) is 0 Å². The monoisotopic (exact) mass is 125 g/mol. The quantitative estimate of drug-likeness (QED) is 0.568. The highest BCUT2D eigenvalue weighted by Crippen LogP contribution is 2.12. The molecule has 0 aromatic heterocycles. The molecule has 0 saturated heterocycles. The maximum Gasteiger partial charge on any atom is 0.0655 e. The van der Waals surface area contributed by atoms with Gasteiger partial charge in [0.1, 0.15) is 0 Å². The van der Waals surface area contributed by atoms with Gasteiger partial charge in [0.05, 0.1) is 6.07 Å². The van der Waals surface area contributed by atoms with Crippen molar-refractivity contribution in [2.24, 2.45) is 11.8 Å². The molecule has 1 atom stereocenters.